The zero-order chi connectivity index (χ0) is 23.3. The maximum Gasteiger partial charge on any atom is 0.226 e. The summed E-state index contributed by atoms with van der Waals surface area (Å²) in [7, 11) is 3.56. The first kappa shape index (κ1) is 22.1. The number of ether oxygens (including phenoxy) is 1. The van der Waals surface area contributed by atoms with E-state index in [-0.39, 0.29) is 0 Å². The lowest BCUT2D eigenvalue weighted by Crippen LogP contribution is -2.31. The summed E-state index contributed by atoms with van der Waals surface area (Å²) in [6.07, 6.45) is 7.53. The molecule has 1 aliphatic heterocycles. The highest BCUT2D eigenvalue weighted by Gasteiger charge is 2.22. The molecule has 7 heteroatoms. The number of methoxy groups -OCH3 is 1. The van der Waals surface area contributed by atoms with E-state index in [4.69, 9.17) is 14.7 Å². The predicted octanol–water partition coefficient (Wildman–Crippen LogP) is 5.53. The molecule has 1 aliphatic rings. The Labute approximate surface area is 200 Å². The van der Waals surface area contributed by atoms with E-state index >= 15 is 0 Å². The first-order chi connectivity index (χ1) is 16.7. The Morgan fingerprint density at radius 1 is 1.00 bits per heavy atom. The van der Waals surface area contributed by atoms with Gasteiger partial charge >= 0.3 is 0 Å². The van der Waals surface area contributed by atoms with Crippen molar-refractivity contribution in [3.05, 3.63) is 65.9 Å². The maximum atomic E-state index is 5.43. The molecule has 34 heavy (non-hydrogen) atoms. The van der Waals surface area contributed by atoms with Gasteiger partial charge in [0.15, 0.2) is 0 Å². The first-order valence-electron chi connectivity index (χ1n) is 12.0. The monoisotopic (exact) mass is 456 g/mol. The molecule has 1 fully saturated rings. The Hall–Kier alpha value is -3.74. The highest BCUT2D eigenvalue weighted by molar-refractivity contribution is 5.83. The lowest BCUT2D eigenvalue weighted by Gasteiger charge is -2.30. The molecule has 0 atom stereocenters. The SMILES string of the molecule is CNc1nc(Nc2cccc(OC)c2)c(CCc2c[nH]c3ccccc23)c(N2CCCCC2)n1. The first-order valence-corrected chi connectivity index (χ1v) is 12.0. The molecular weight excluding hydrogens is 424 g/mol. The summed E-state index contributed by atoms with van der Waals surface area (Å²) >= 11 is 0. The third-order valence-electron chi connectivity index (χ3n) is 6.52. The zero-order valence-electron chi connectivity index (χ0n) is 19.9. The summed E-state index contributed by atoms with van der Waals surface area (Å²) in [6, 6.07) is 16.4. The van der Waals surface area contributed by atoms with Crippen molar-refractivity contribution >= 4 is 34.2 Å². The van der Waals surface area contributed by atoms with E-state index in [1.165, 1.54) is 35.7 Å². The number of hydrogen-bond acceptors (Lipinski definition) is 6. The van der Waals surface area contributed by atoms with Gasteiger partial charge in [0.1, 0.15) is 17.4 Å². The van der Waals surface area contributed by atoms with Crippen molar-refractivity contribution in [1.29, 1.82) is 0 Å². The fourth-order valence-electron chi connectivity index (χ4n) is 4.72. The van der Waals surface area contributed by atoms with Gasteiger partial charge in [0.25, 0.3) is 0 Å². The number of rotatable bonds is 8. The van der Waals surface area contributed by atoms with E-state index in [0.717, 1.165) is 54.6 Å². The average molecular weight is 457 g/mol. The smallest absolute Gasteiger partial charge is 0.226 e. The molecule has 0 amide bonds. The van der Waals surface area contributed by atoms with Crippen molar-refractivity contribution < 1.29 is 4.74 Å². The summed E-state index contributed by atoms with van der Waals surface area (Å²) in [5.74, 6) is 3.31. The summed E-state index contributed by atoms with van der Waals surface area (Å²) in [5.41, 5.74) is 4.57. The Balaban J connectivity index is 1.53. The van der Waals surface area contributed by atoms with Crippen molar-refractivity contribution in [2.75, 3.05) is 42.8 Å². The molecule has 0 spiro atoms. The van der Waals surface area contributed by atoms with Crippen LogP contribution in [0.25, 0.3) is 10.9 Å². The summed E-state index contributed by atoms with van der Waals surface area (Å²) in [4.78, 5) is 15.6. The molecule has 5 rings (SSSR count). The zero-order valence-corrected chi connectivity index (χ0v) is 19.9. The number of nitrogens with zero attached hydrogens (tertiary/aromatic N) is 3. The van der Waals surface area contributed by atoms with Gasteiger partial charge in [-0.2, -0.15) is 9.97 Å². The van der Waals surface area contributed by atoms with Gasteiger partial charge in [-0.15, -0.1) is 0 Å². The number of aryl methyl sites for hydroxylation is 1. The van der Waals surface area contributed by atoms with Crippen LogP contribution < -0.4 is 20.3 Å². The Morgan fingerprint density at radius 3 is 2.68 bits per heavy atom. The molecule has 0 aliphatic carbocycles. The van der Waals surface area contributed by atoms with Gasteiger partial charge in [0.2, 0.25) is 5.95 Å². The number of nitrogens with one attached hydrogen (secondary N) is 3. The largest absolute Gasteiger partial charge is 0.497 e. The van der Waals surface area contributed by atoms with Crippen molar-refractivity contribution in [1.82, 2.24) is 15.0 Å². The molecule has 0 bridgehead atoms. The van der Waals surface area contributed by atoms with Gasteiger partial charge in [0, 0.05) is 54.6 Å². The number of hydrogen-bond donors (Lipinski definition) is 3. The molecule has 0 saturated carbocycles. The normalized spacial score (nSPS) is 13.8. The number of H-pyrrole nitrogens is 1. The topological polar surface area (TPSA) is 78.1 Å². The van der Waals surface area contributed by atoms with Gasteiger partial charge in [-0.3, -0.25) is 0 Å². The lowest BCUT2D eigenvalue weighted by molar-refractivity contribution is 0.415. The van der Waals surface area contributed by atoms with Gasteiger partial charge in [-0.25, -0.2) is 0 Å². The Bertz CT molecular complexity index is 1260. The second-order valence-electron chi connectivity index (χ2n) is 8.71. The second kappa shape index (κ2) is 10.0. The number of aromatic nitrogens is 3. The molecule has 7 nitrogen and oxygen atoms in total. The molecule has 4 aromatic rings. The number of aromatic amines is 1. The van der Waals surface area contributed by atoms with E-state index < -0.39 is 0 Å². The predicted molar refractivity (Wildman–Crippen MR) is 140 cm³/mol. The van der Waals surface area contributed by atoms with E-state index in [9.17, 15) is 0 Å². The Morgan fingerprint density at radius 2 is 1.85 bits per heavy atom. The van der Waals surface area contributed by atoms with Crippen LogP contribution >= 0.6 is 0 Å². The number of piperidine rings is 1. The average Bonchev–Trinajstić information content (AvgIpc) is 3.31. The summed E-state index contributed by atoms with van der Waals surface area (Å²) in [5, 5.41) is 8.00. The minimum Gasteiger partial charge on any atom is -0.497 e. The van der Waals surface area contributed by atoms with Crippen LogP contribution in [0.3, 0.4) is 0 Å². The molecular formula is C27H32N6O. The van der Waals surface area contributed by atoms with E-state index in [1.54, 1.807) is 7.11 Å². The number of benzene rings is 2. The van der Waals surface area contributed by atoms with Gasteiger partial charge in [-0.05, 0) is 55.9 Å². The van der Waals surface area contributed by atoms with E-state index in [2.05, 4.69) is 51.0 Å². The van der Waals surface area contributed by atoms with Crippen molar-refractivity contribution in [2.24, 2.45) is 0 Å². The standard InChI is InChI=1S/C27H32N6O/c1-28-27-31-25(30-20-9-8-10-21(17-20)34-2)23(26(32-27)33-15-6-3-7-16-33)14-13-19-18-29-24-12-5-4-11-22(19)24/h4-5,8-12,17-18,29H,3,6-7,13-16H2,1-2H3,(H2,28,30,31,32). The molecule has 0 unspecified atom stereocenters. The van der Waals surface area contributed by atoms with Gasteiger partial charge in [0.05, 0.1) is 7.11 Å². The molecule has 3 N–H and O–H groups in total. The van der Waals surface area contributed by atoms with Gasteiger partial charge < -0.3 is 25.3 Å². The van der Waals surface area contributed by atoms with Crippen LogP contribution in [-0.2, 0) is 12.8 Å². The van der Waals surface area contributed by atoms with Crippen LogP contribution in [-0.4, -0.2) is 42.2 Å². The van der Waals surface area contributed by atoms with Crippen LogP contribution in [0.4, 0.5) is 23.3 Å². The highest BCUT2D eigenvalue weighted by Crippen LogP contribution is 2.33. The number of para-hydroxylation sites is 1. The molecule has 1 saturated heterocycles. The molecule has 176 valence electrons. The second-order valence-corrected chi connectivity index (χ2v) is 8.71. The molecule has 3 heterocycles. The van der Waals surface area contributed by atoms with Crippen LogP contribution in [0.2, 0.25) is 0 Å². The van der Waals surface area contributed by atoms with Crippen molar-refractivity contribution in [3.8, 4) is 5.75 Å². The minimum absolute atomic E-state index is 0.627. The minimum atomic E-state index is 0.627. The lowest BCUT2D eigenvalue weighted by atomic mass is 10.0. The highest BCUT2D eigenvalue weighted by atomic mass is 16.5. The fraction of sp³-hybridized carbons (Fsp3) is 0.333. The summed E-state index contributed by atoms with van der Waals surface area (Å²) in [6.45, 7) is 2.05. The van der Waals surface area contributed by atoms with Crippen LogP contribution in [0.1, 0.15) is 30.4 Å². The fourth-order valence-corrected chi connectivity index (χ4v) is 4.72. The maximum absolute atomic E-state index is 5.43. The van der Waals surface area contributed by atoms with E-state index in [1.807, 2.05) is 31.3 Å². The van der Waals surface area contributed by atoms with Crippen molar-refractivity contribution in [3.63, 3.8) is 0 Å². The Kier molecular flexibility index (Phi) is 6.51. The van der Waals surface area contributed by atoms with Gasteiger partial charge in [-0.1, -0.05) is 24.3 Å². The third kappa shape index (κ3) is 4.64. The molecule has 2 aromatic carbocycles. The van der Waals surface area contributed by atoms with Crippen LogP contribution in [0.15, 0.2) is 54.7 Å². The number of fused-ring (bicyclic) bond motifs is 1. The quantitative estimate of drug-likeness (QED) is 0.324. The van der Waals surface area contributed by atoms with Crippen LogP contribution in [0.5, 0.6) is 5.75 Å². The summed E-state index contributed by atoms with van der Waals surface area (Å²) < 4.78 is 5.43. The molecule has 0 radical (unpaired) electrons. The molecule has 2 aromatic heterocycles. The third-order valence-corrected chi connectivity index (χ3v) is 6.52. The van der Waals surface area contributed by atoms with Crippen LogP contribution in [0, 0.1) is 0 Å². The number of anilines is 4. The van der Waals surface area contributed by atoms with E-state index in [0.29, 0.717) is 5.95 Å². The van der Waals surface area contributed by atoms with Crippen molar-refractivity contribution in [2.45, 2.75) is 32.1 Å².